The van der Waals surface area contributed by atoms with Gasteiger partial charge in [0.05, 0.1) is 0 Å². The van der Waals surface area contributed by atoms with E-state index in [2.05, 4.69) is 0 Å². The molecule has 0 aliphatic rings. The summed E-state index contributed by atoms with van der Waals surface area (Å²) >= 11 is 5.99. The SMILES string of the molecule is CCN(CC)C(=O)Oc1ccc2c(ccn2Cc2ccc(Cl)cc2)c1-c1ccc(F)c(F)c1. The van der Waals surface area contributed by atoms with Gasteiger partial charge in [-0.2, -0.15) is 0 Å². The van der Waals surface area contributed by atoms with Gasteiger partial charge in [0.15, 0.2) is 11.6 Å². The van der Waals surface area contributed by atoms with Crippen molar-refractivity contribution in [3.63, 3.8) is 0 Å². The van der Waals surface area contributed by atoms with Crippen molar-refractivity contribution in [1.29, 1.82) is 0 Å². The van der Waals surface area contributed by atoms with Crippen LogP contribution in [-0.4, -0.2) is 28.6 Å². The van der Waals surface area contributed by atoms with Crippen LogP contribution in [0.5, 0.6) is 5.75 Å². The Labute approximate surface area is 196 Å². The maximum Gasteiger partial charge on any atom is 0.415 e. The van der Waals surface area contributed by atoms with Gasteiger partial charge in [0.2, 0.25) is 0 Å². The van der Waals surface area contributed by atoms with Gasteiger partial charge in [0.25, 0.3) is 0 Å². The summed E-state index contributed by atoms with van der Waals surface area (Å²) in [5, 5.41) is 1.43. The Balaban J connectivity index is 1.82. The third-order valence-electron chi connectivity index (χ3n) is 5.61. The molecule has 0 saturated carbocycles. The zero-order valence-corrected chi connectivity index (χ0v) is 19.1. The van der Waals surface area contributed by atoms with Crippen LogP contribution in [0.1, 0.15) is 19.4 Å². The molecule has 7 heteroatoms. The Bertz CT molecular complexity index is 1300. The smallest absolute Gasteiger partial charge is 0.410 e. The molecule has 1 aromatic heterocycles. The normalized spacial score (nSPS) is 11.1. The monoisotopic (exact) mass is 468 g/mol. The number of benzene rings is 3. The second kappa shape index (κ2) is 9.63. The number of carbonyl (C=O) groups excluding carboxylic acids is 1. The lowest BCUT2D eigenvalue weighted by Gasteiger charge is -2.20. The van der Waals surface area contributed by atoms with E-state index in [0.717, 1.165) is 28.6 Å². The molecule has 0 fully saturated rings. The first-order chi connectivity index (χ1) is 15.9. The van der Waals surface area contributed by atoms with Crippen molar-refractivity contribution >= 4 is 28.6 Å². The molecule has 1 heterocycles. The van der Waals surface area contributed by atoms with E-state index in [0.29, 0.717) is 35.8 Å². The molecule has 0 spiro atoms. The Hall–Kier alpha value is -3.38. The van der Waals surface area contributed by atoms with E-state index in [1.165, 1.54) is 6.07 Å². The van der Waals surface area contributed by atoms with E-state index in [4.69, 9.17) is 16.3 Å². The zero-order valence-electron chi connectivity index (χ0n) is 18.3. The fourth-order valence-corrected chi connectivity index (χ4v) is 3.98. The highest BCUT2D eigenvalue weighted by Gasteiger charge is 2.20. The molecule has 1 amide bonds. The largest absolute Gasteiger partial charge is 0.415 e. The van der Waals surface area contributed by atoms with Gasteiger partial charge in [0, 0.05) is 47.3 Å². The quantitative estimate of drug-likeness (QED) is 0.301. The van der Waals surface area contributed by atoms with Crippen LogP contribution in [-0.2, 0) is 6.54 Å². The fraction of sp³-hybridized carbons (Fsp3) is 0.192. The molecule has 0 N–H and O–H groups in total. The molecule has 3 aromatic carbocycles. The van der Waals surface area contributed by atoms with Crippen LogP contribution < -0.4 is 4.74 Å². The average Bonchev–Trinajstić information content (AvgIpc) is 3.20. The van der Waals surface area contributed by atoms with Crippen LogP contribution in [0.2, 0.25) is 5.02 Å². The number of hydrogen-bond acceptors (Lipinski definition) is 2. The van der Waals surface area contributed by atoms with E-state index < -0.39 is 17.7 Å². The topological polar surface area (TPSA) is 34.5 Å². The molecule has 4 rings (SSSR count). The van der Waals surface area contributed by atoms with E-state index in [1.807, 2.05) is 61.0 Å². The van der Waals surface area contributed by atoms with Crippen molar-refractivity contribution in [2.45, 2.75) is 20.4 Å². The van der Waals surface area contributed by atoms with Gasteiger partial charge in [0.1, 0.15) is 5.75 Å². The first kappa shape index (κ1) is 22.8. The van der Waals surface area contributed by atoms with Crippen LogP contribution in [0.4, 0.5) is 13.6 Å². The summed E-state index contributed by atoms with van der Waals surface area (Å²) in [6.07, 6.45) is 1.42. The number of carbonyl (C=O) groups is 1. The summed E-state index contributed by atoms with van der Waals surface area (Å²) in [5.41, 5.74) is 2.88. The predicted octanol–water partition coefficient (Wildman–Crippen LogP) is 7.13. The molecule has 4 aromatic rings. The Morgan fingerprint density at radius 2 is 1.70 bits per heavy atom. The highest BCUT2D eigenvalue weighted by molar-refractivity contribution is 6.30. The van der Waals surface area contributed by atoms with Crippen molar-refractivity contribution in [3.8, 4) is 16.9 Å². The first-order valence-corrected chi connectivity index (χ1v) is 11.1. The van der Waals surface area contributed by atoms with E-state index in [1.54, 1.807) is 11.0 Å². The average molecular weight is 469 g/mol. The molecular formula is C26H23ClF2N2O2. The maximum absolute atomic E-state index is 14.1. The molecule has 0 radical (unpaired) electrons. The van der Waals surface area contributed by atoms with Crippen LogP contribution in [0, 0.1) is 11.6 Å². The molecule has 0 saturated heterocycles. The van der Waals surface area contributed by atoms with Gasteiger partial charge in [-0.15, -0.1) is 0 Å². The summed E-state index contributed by atoms with van der Waals surface area (Å²) in [7, 11) is 0. The minimum atomic E-state index is -0.967. The summed E-state index contributed by atoms with van der Waals surface area (Å²) < 4.78 is 35.5. The standard InChI is InChI=1S/C26H23ClF2N2O2/c1-3-30(4-2)26(32)33-24-12-11-23-20(25(24)18-7-10-21(28)22(29)15-18)13-14-31(23)16-17-5-8-19(27)9-6-17/h5-15H,3-4,16H2,1-2H3. The lowest BCUT2D eigenvalue weighted by Crippen LogP contribution is -2.33. The number of amides is 1. The first-order valence-electron chi connectivity index (χ1n) is 10.7. The second-order valence-electron chi connectivity index (χ2n) is 7.61. The van der Waals surface area contributed by atoms with Gasteiger partial charge >= 0.3 is 6.09 Å². The van der Waals surface area contributed by atoms with Gasteiger partial charge in [-0.3, -0.25) is 0 Å². The van der Waals surface area contributed by atoms with Gasteiger partial charge in [-0.1, -0.05) is 29.8 Å². The molecule has 170 valence electrons. The number of hydrogen-bond donors (Lipinski definition) is 0. The van der Waals surface area contributed by atoms with Gasteiger partial charge in [-0.25, -0.2) is 13.6 Å². The van der Waals surface area contributed by atoms with E-state index >= 15 is 0 Å². The van der Waals surface area contributed by atoms with Crippen molar-refractivity contribution < 1.29 is 18.3 Å². The highest BCUT2D eigenvalue weighted by Crippen LogP contribution is 2.38. The molecule has 0 aliphatic carbocycles. The number of halogens is 3. The summed E-state index contributed by atoms with van der Waals surface area (Å²) in [4.78, 5) is 14.2. The molecule has 0 bridgehead atoms. The van der Waals surface area contributed by atoms with Crippen molar-refractivity contribution in [2.24, 2.45) is 0 Å². The summed E-state index contributed by atoms with van der Waals surface area (Å²) in [5.74, 6) is -1.62. The van der Waals surface area contributed by atoms with Crippen LogP contribution in [0.25, 0.3) is 22.0 Å². The van der Waals surface area contributed by atoms with Gasteiger partial charge < -0.3 is 14.2 Å². The number of fused-ring (bicyclic) bond motifs is 1. The van der Waals surface area contributed by atoms with Gasteiger partial charge in [-0.05, 0) is 67.4 Å². The lowest BCUT2D eigenvalue weighted by molar-refractivity contribution is 0.157. The van der Waals surface area contributed by atoms with Crippen LogP contribution in [0.3, 0.4) is 0 Å². The maximum atomic E-state index is 14.1. The Morgan fingerprint density at radius 3 is 2.36 bits per heavy atom. The van der Waals surface area contributed by atoms with Crippen molar-refractivity contribution in [3.05, 3.63) is 89.1 Å². The molecule has 4 nitrogen and oxygen atoms in total. The predicted molar refractivity (Wildman–Crippen MR) is 127 cm³/mol. The summed E-state index contributed by atoms with van der Waals surface area (Å²) in [6.45, 7) is 5.31. The minimum Gasteiger partial charge on any atom is -0.410 e. The molecule has 33 heavy (non-hydrogen) atoms. The van der Waals surface area contributed by atoms with Crippen LogP contribution >= 0.6 is 11.6 Å². The highest BCUT2D eigenvalue weighted by atomic mass is 35.5. The van der Waals surface area contributed by atoms with Crippen molar-refractivity contribution in [2.75, 3.05) is 13.1 Å². The molecule has 0 atom stereocenters. The summed E-state index contributed by atoms with van der Waals surface area (Å²) in [6, 6.07) is 16.7. The Morgan fingerprint density at radius 1 is 0.970 bits per heavy atom. The number of aromatic nitrogens is 1. The number of ether oxygens (including phenoxy) is 1. The lowest BCUT2D eigenvalue weighted by atomic mass is 10.00. The molecule has 0 aliphatic heterocycles. The Kier molecular flexibility index (Phi) is 6.65. The minimum absolute atomic E-state index is 0.287. The zero-order chi connectivity index (χ0) is 23.5. The third kappa shape index (κ3) is 4.71. The van der Waals surface area contributed by atoms with Crippen LogP contribution in [0.15, 0.2) is 66.9 Å². The molecular weight excluding hydrogens is 446 g/mol. The molecule has 0 unspecified atom stereocenters. The van der Waals surface area contributed by atoms with Crippen molar-refractivity contribution in [1.82, 2.24) is 9.47 Å². The fourth-order valence-electron chi connectivity index (χ4n) is 3.85. The van der Waals surface area contributed by atoms with E-state index in [9.17, 15) is 13.6 Å². The van der Waals surface area contributed by atoms with E-state index in [-0.39, 0.29) is 5.75 Å². The second-order valence-corrected chi connectivity index (χ2v) is 8.05. The number of rotatable bonds is 6. The third-order valence-corrected chi connectivity index (χ3v) is 5.86. The number of nitrogens with zero attached hydrogens (tertiary/aromatic N) is 2.